The molecule has 1 aliphatic rings. The zero-order chi connectivity index (χ0) is 23.6. The van der Waals surface area contributed by atoms with Gasteiger partial charge in [0, 0.05) is 18.2 Å². The zero-order valence-electron chi connectivity index (χ0n) is 18.6. The summed E-state index contributed by atoms with van der Waals surface area (Å²) in [5, 5.41) is 2.77. The zero-order valence-corrected chi connectivity index (χ0v) is 19.4. The number of carbonyl (C=O) groups excluding carboxylic acids is 2. The van der Waals surface area contributed by atoms with Crippen LogP contribution in [0, 0.1) is 0 Å². The van der Waals surface area contributed by atoms with Crippen LogP contribution in [-0.4, -0.2) is 23.1 Å². The van der Waals surface area contributed by atoms with Gasteiger partial charge in [0.25, 0.3) is 11.7 Å². The molecular formula is C24H25ClF3N3O3. The highest BCUT2D eigenvalue weighted by Crippen LogP contribution is 2.32. The van der Waals surface area contributed by atoms with E-state index in [2.05, 4.69) is 5.32 Å². The van der Waals surface area contributed by atoms with E-state index >= 15 is 0 Å². The average Bonchev–Trinajstić information content (AvgIpc) is 2.92. The minimum atomic E-state index is -4.46. The van der Waals surface area contributed by atoms with Gasteiger partial charge in [-0.15, -0.1) is 0 Å². The number of hydrogen-bond donors (Lipinski definition) is 1. The summed E-state index contributed by atoms with van der Waals surface area (Å²) in [5.74, 6) is 0.0462. The smallest absolute Gasteiger partial charge is 0.416 e. The average molecular weight is 496 g/mol. The van der Waals surface area contributed by atoms with Gasteiger partial charge in [-0.2, -0.15) is 13.2 Å². The number of carbonyl (C=O) groups is 2. The summed E-state index contributed by atoms with van der Waals surface area (Å²) in [7, 11) is 0. The fourth-order valence-corrected chi connectivity index (χ4v) is 4.24. The van der Waals surface area contributed by atoms with Gasteiger partial charge in [-0.05, 0) is 62.6 Å². The van der Waals surface area contributed by atoms with Crippen molar-refractivity contribution < 1.29 is 44.5 Å². The Kier molecular flexibility index (Phi) is 7.86. The Morgan fingerprint density at radius 2 is 1.82 bits per heavy atom. The number of aryl methyl sites for hydroxylation is 1. The lowest BCUT2D eigenvalue weighted by Gasteiger charge is -2.08. The van der Waals surface area contributed by atoms with Gasteiger partial charge < -0.3 is 22.5 Å². The summed E-state index contributed by atoms with van der Waals surface area (Å²) in [6.07, 6.45) is -0.884. The normalized spacial score (nSPS) is 13.5. The molecule has 0 saturated carbocycles. The van der Waals surface area contributed by atoms with E-state index in [0.29, 0.717) is 35.2 Å². The van der Waals surface area contributed by atoms with Crippen LogP contribution >= 0.6 is 0 Å². The Balaban J connectivity index is 0.00000324. The number of halogens is 4. The molecule has 0 aliphatic carbocycles. The SMILES string of the molecule is CCOC(=O)c1ccc(NC(=O)Cn2c3[n+](c4ccc(C(F)(F)F)cc42)CCCCC3)cc1.[Cl-]. The van der Waals surface area contributed by atoms with Crippen molar-refractivity contribution in [2.24, 2.45) is 0 Å². The first kappa shape index (κ1) is 25.6. The molecule has 6 nitrogen and oxygen atoms in total. The van der Waals surface area contributed by atoms with Crippen molar-refractivity contribution in [1.29, 1.82) is 0 Å². The van der Waals surface area contributed by atoms with E-state index in [0.717, 1.165) is 37.2 Å². The van der Waals surface area contributed by atoms with E-state index in [4.69, 9.17) is 4.74 Å². The number of esters is 1. The Morgan fingerprint density at radius 3 is 2.50 bits per heavy atom. The molecule has 3 aromatic rings. The van der Waals surface area contributed by atoms with Gasteiger partial charge in [0.1, 0.15) is 0 Å². The number of aromatic nitrogens is 2. The van der Waals surface area contributed by atoms with Crippen LogP contribution in [0.4, 0.5) is 18.9 Å². The van der Waals surface area contributed by atoms with Gasteiger partial charge in [0.15, 0.2) is 17.6 Å². The molecule has 2 heterocycles. The maximum atomic E-state index is 13.4. The maximum Gasteiger partial charge on any atom is 0.416 e. The van der Waals surface area contributed by atoms with E-state index in [1.165, 1.54) is 6.07 Å². The maximum absolute atomic E-state index is 13.4. The summed E-state index contributed by atoms with van der Waals surface area (Å²) in [6.45, 7) is 2.58. The summed E-state index contributed by atoms with van der Waals surface area (Å²) < 4.78 is 48.7. The third-order valence-corrected chi connectivity index (χ3v) is 5.77. The topological polar surface area (TPSA) is 64.2 Å². The molecule has 0 radical (unpaired) electrons. The van der Waals surface area contributed by atoms with Gasteiger partial charge in [-0.25, -0.2) is 13.9 Å². The van der Waals surface area contributed by atoms with Gasteiger partial charge in [-0.1, -0.05) is 0 Å². The number of anilines is 1. The standard InChI is InChI=1S/C24H24F3N3O3.ClH/c1-2-33-23(32)16-7-10-18(11-8-16)28-21(31)15-30-20-14-17(24(25,26)27)9-12-19(20)29-13-5-3-4-6-22(29)30;/h7-12,14H,2-6,13,15H2,1H3;1H. The Hall–Kier alpha value is -3.07. The highest BCUT2D eigenvalue weighted by molar-refractivity contribution is 5.93. The fourth-order valence-electron chi connectivity index (χ4n) is 4.24. The van der Waals surface area contributed by atoms with Crippen LogP contribution in [-0.2, 0) is 35.2 Å². The predicted molar refractivity (Wildman–Crippen MR) is 116 cm³/mol. The van der Waals surface area contributed by atoms with Crippen LogP contribution in [0.15, 0.2) is 42.5 Å². The van der Waals surface area contributed by atoms with Crippen molar-refractivity contribution >= 4 is 28.6 Å². The second-order valence-corrected chi connectivity index (χ2v) is 8.01. The Bertz CT molecular complexity index is 1190. The summed E-state index contributed by atoms with van der Waals surface area (Å²) >= 11 is 0. The molecule has 0 atom stereocenters. The number of imidazole rings is 1. The first-order valence-electron chi connectivity index (χ1n) is 11.0. The van der Waals surface area contributed by atoms with Crippen LogP contribution in [0.3, 0.4) is 0 Å². The number of benzene rings is 2. The molecular weight excluding hydrogens is 471 g/mol. The third kappa shape index (κ3) is 5.35. The molecule has 4 rings (SSSR count). The molecule has 182 valence electrons. The minimum absolute atomic E-state index is 0. The molecule has 1 aromatic heterocycles. The molecule has 1 aliphatic heterocycles. The van der Waals surface area contributed by atoms with E-state index in [1.54, 1.807) is 35.8 Å². The number of rotatable bonds is 5. The first-order chi connectivity index (χ1) is 15.8. The molecule has 1 N–H and O–H groups in total. The molecule has 10 heteroatoms. The molecule has 0 spiro atoms. The van der Waals surface area contributed by atoms with E-state index in [-0.39, 0.29) is 31.5 Å². The van der Waals surface area contributed by atoms with Gasteiger partial charge in [-0.3, -0.25) is 4.79 Å². The number of nitrogens with one attached hydrogen (secondary N) is 1. The van der Waals surface area contributed by atoms with Crippen molar-refractivity contribution in [3.8, 4) is 0 Å². The Morgan fingerprint density at radius 1 is 1.09 bits per heavy atom. The summed E-state index contributed by atoms with van der Waals surface area (Å²) in [5.41, 5.74) is 1.22. The molecule has 2 aromatic carbocycles. The third-order valence-electron chi connectivity index (χ3n) is 5.77. The van der Waals surface area contributed by atoms with Crippen molar-refractivity contribution in [1.82, 2.24) is 4.57 Å². The van der Waals surface area contributed by atoms with Crippen LogP contribution in [0.25, 0.3) is 11.0 Å². The van der Waals surface area contributed by atoms with E-state index < -0.39 is 17.7 Å². The number of fused-ring (bicyclic) bond motifs is 3. The van der Waals surface area contributed by atoms with Crippen molar-refractivity contribution in [2.45, 2.75) is 51.9 Å². The van der Waals surface area contributed by atoms with E-state index in [9.17, 15) is 22.8 Å². The second-order valence-electron chi connectivity index (χ2n) is 8.01. The largest absolute Gasteiger partial charge is 1.00 e. The minimum Gasteiger partial charge on any atom is -1.00 e. The molecule has 0 unspecified atom stereocenters. The molecule has 0 fully saturated rings. The molecule has 34 heavy (non-hydrogen) atoms. The second kappa shape index (κ2) is 10.5. The van der Waals surface area contributed by atoms with Crippen molar-refractivity contribution in [3.05, 3.63) is 59.4 Å². The first-order valence-corrected chi connectivity index (χ1v) is 11.0. The highest BCUT2D eigenvalue weighted by atomic mass is 35.5. The van der Waals surface area contributed by atoms with E-state index in [1.807, 2.05) is 4.57 Å². The lowest BCUT2D eigenvalue weighted by Crippen LogP contribution is -3.00. The molecule has 0 saturated heterocycles. The van der Waals surface area contributed by atoms with Gasteiger partial charge in [0.2, 0.25) is 0 Å². The fraction of sp³-hybridized carbons (Fsp3) is 0.375. The van der Waals surface area contributed by atoms with Crippen LogP contribution in [0.1, 0.15) is 47.9 Å². The van der Waals surface area contributed by atoms with Crippen LogP contribution < -0.4 is 22.3 Å². The number of amides is 1. The lowest BCUT2D eigenvalue weighted by molar-refractivity contribution is -0.678. The van der Waals surface area contributed by atoms with Crippen molar-refractivity contribution in [2.75, 3.05) is 11.9 Å². The van der Waals surface area contributed by atoms with Gasteiger partial charge in [0.05, 0.1) is 24.3 Å². The van der Waals surface area contributed by atoms with Gasteiger partial charge >= 0.3 is 12.1 Å². The quantitative estimate of drug-likeness (QED) is 0.431. The van der Waals surface area contributed by atoms with Crippen LogP contribution in [0.5, 0.6) is 0 Å². The number of ether oxygens (including phenoxy) is 1. The summed E-state index contributed by atoms with van der Waals surface area (Å²) in [6, 6.07) is 10.0. The van der Waals surface area contributed by atoms with Crippen molar-refractivity contribution in [3.63, 3.8) is 0 Å². The van der Waals surface area contributed by atoms with Crippen LogP contribution in [0.2, 0.25) is 0 Å². The number of nitrogens with zero attached hydrogens (tertiary/aromatic N) is 2. The molecule has 0 bridgehead atoms. The predicted octanol–water partition coefficient (Wildman–Crippen LogP) is 1.49. The monoisotopic (exact) mass is 495 g/mol. The number of hydrogen-bond acceptors (Lipinski definition) is 3. The molecule has 1 amide bonds. The summed E-state index contributed by atoms with van der Waals surface area (Å²) in [4.78, 5) is 24.6. The Labute approximate surface area is 201 Å². The number of alkyl halides is 3. The lowest BCUT2D eigenvalue weighted by atomic mass is 10.2. The highest BCUT2D eigenvalue weighted by Gasteiger charge is 2.34.